The van der Waals surface area contributed by atoms with Crippen molar-refractivity contribution in [1.29, 1.82) is 0 Å². The smallest absolute Gasteiger partial charge is 0.0416 e. The molecule has 1 unspecified atom stereocenters. The van der Waals surface area contributed by atoms with Gasteiger partial charge in [0.25, 0.3) is 0 Å². The van der Waals surface area contributed by atoms with Gasteiger partial charge in [0.1, 0.15) is 0 Å². The van der Waals surface area contributed by atoms with Gasteiger partial charge in [-0.3, -0.25) is 0 Å². The molecule has 0 spiro atoms. The summed E-state index contributed by atoms with van der Waals surface area (Å²) in [6.45, 7) is 4.44. The molecule has 1 aromatic carbocycles. The molecule has 0 bridgehead atoms. The number of anilines is 1. The second-order valence-corrected chi connectivity index (χ2v) is 4.58. The Hall–Kier alpha value is -1.24. The predicted molar refractivity (Wildman–Crippen MR) is 77.4 cm³/mol. The first-order valence-corrected chi connectivity index (χ1v) is 6.81. The van der Waals surface area contributed by atoms with Crippen molar-refractivity contribution < 1.29 is 0 Å². The van der Waals surface area contributed by atoms with Gasteiger partial charge in [0.2, 0.25) is 0 Å². The topological polar surface area (TPSA) is 12.0 Å². The van der Waals surface area contributed by atoms with E-state index in [9.17, 15) is 0 Å². The summed E-state index contributed by atoms with van der Waals surface area (Å²) in [4.78, 5) is 0. The molecular weight excluding hydrogens is 206 g/mol. The highest BCUT2D eigenvalue weighted by Gasteiger charge is 1.95. The maximum absolute atomic E-state index is 3.46. The summed E-state index contributed by atoms with van der Waals surface area (Å²) < 4.78 is 0. The van der Waals surface area contributed by atoms with Gasteiger partial charge in [0.05, 0.1) is 0 Å². The fourth-order valence-corrected chi connectivity index (χ4v) is 1.83. The van der Waals surface area contributed by atoms with E-state index in [2.05, 4.69) is 55.6 Å². The van der Waals surface area contributed by atoms with Gasteiger partial charge in [-0.25, -0.2) is 0 Å². The molecule has 1 heteroatoms. The lowest BCUT2D eigenvalue weighted by atomic mass is 10.1. The average molecular weight is 231 g/mol. The van der Waals surface area contributed by atoms with Crippen molar-refractivity contribution in [2.24, 2.45) is 0 Å². The van der Waals surface area contributed by atoms with Gasteiger partial charge in [-0.2, -0.15) is 0 Å². The molecule has 0 aliphatic heterocycles. The van der Waals surface area contributed by atoms with Crippen LogP contribution in [-0.4, -0.2) is 6.04 Å². The van der Waals surface area contributed by atoms with E-state index in [1.807, 2.05) is 6.07 Å². The fourth-order valence-electron chi connectivity index (χ4n) is 1.83. The quantitative estimate of drug-likeness (QED) is 0.489. The SMILES string of the molecule is CCCCCCC=CC(C)Nc1ccccc1. The number of allylic oxidation sites excluding steroid dienone is 1. The van der Waals surface area contributed by atoms with Gasteiger partial charge in [-0.1, -0.05) is 56.5 Å². The highest BCUT2D eigenvalue weighted by atomic mass is 14.9. The normalized spacial score (nSPS) is 12.8. The Kier molecular flexibility index (Phi) is 7.20. The van der Waals surface area contributed by atoms with Crippen LogP contribution in [0.5, 0.6) is 0 Å². The van der Waals surface area contributed by atoms with Crippen molar-refractivity contribution in [2.75, 3.05) is 5.32 Å². The molecule has 94 valence electrons. The summed E-state index contributed by atoms with van der Waals surface area (Å²) in [5, 5.41) is 3.46. The van der Waals surface area contributed by atoms with E-state index in [1.54, 1.807) is 0 Å². The molecule has 0 aliphatic rings. The third-order valence-electron chi connectivity index (χ3n) is 2.82. The Morgan fingerprint density at radius 3 is 2.59 bits per heavy atom. The van der Waals surface area contributed by atoms with Crippen LogP contribution in [0.3, 0.4) is 0 Å². The molecule has 0 saturated carbocycles. The Morgan fingerprint density at radius 2 is 1.88 bits per heavy atom. The van der Waals surface area contributed by atoms with Gasteiger partial charge in [-0.05, 0) is 31.9 Å². The van der Waals surface area contributed by atoms with Gasteiger partial charge in [0, 0.05) is 11.7 Å². The van der Waals surface area contributed by atoms with Crippen molar-refractivity contribution >= 4 is 5.69 Å². The monoisotopic (exact) mass is 231 g/mol. The molecule has 0 radical (unpaired) electrons. The minimum Gasteiger partial charge on any atom is -0.379 e. The lowest BCUT2D eigenvalue weighted by molar-refractivity contribution is 0.673. The summed E-state index contributed by atoms with van der Waals surface area (Å²) in [5.74, 6) is 0. The Balaban J connectivity index is 2.16. The average Bonchev–Trinajstić information content (AvgIpc) is 2.35. The van der Waals surface area contributed by atoms with E-state index < -0.39 is 0 Å². The number of para-hydroxylation sites is 1. The van der Waals surface area contributed by atoms with Crippen LogP contribution in [-0.2, 0) is 0 Å². The van der Waals surface area contributed by atoms with Gasteiger partial charge in [-0.15, -0.1) is 0 Å². The fraction of sp³-hybridized carbons (Fsp3) is 0.500. The van der Waals surface area contributed by atoms with Crippen LogP contribution >= 0.6 is 0 Å². The van der Waals surface area contributed by atoms with E-state index in [0.29, 0.717) is 6.04 Å². The summed E-state index contributed by atoms with van der Waals surface area (Å²) in [6, 6.07) is 10.8. The van der Waals surface area contributed by atoms with Crippen molar-refractivity contribution in [3.8, 4) is 0 Å². The van der Waals surface area contributed by atoms with E-state index in [0.717, 1.165) is 0 Å². The number of rotatable bonds is 8. The van der Waals surface area contributed by atoms with Crippen LogP contribution in [0.25, 0.3) is 0 Å². The number of hydrogen-bond acceptors (Lipinski definition) is 1. The van der Waals surface area contributed by atoms with Gasteiger partial charge >= 0.3 is 0 Å². The van der Waals surface area contributed by atoms with Crippen LogP contribution in [0, 0.1) is 0 Å². The van der Waals surface area contributed by atoms with Crippen LogP contribution in [0.1, 0.15) is 46.0 Å². The van der Waals surface area contributed by atoms with Crippen molar-refractivity contribution in [3.63, 3.8) is 0 Å². The number of benzene rings is 1. The molecule has 1 aromatic rings. The third-order valence-corrected chi connectivity index (χ3v) is 2.82. The van der Waals surface area contributed by atoms with Crippen LogP contribution in [0.4, 0.5) is 5.69 Å². The number of unbranched alkanes of at least 4 members (excludes halogenated alkanes) is 4. The predicted octanol–water partition coefficient (Wildman–Crippen LogP) is 5.01. The van der Waals surface area contributed by atoms with E-state index in [-0.39, 0.29) is 0 Å². The highest BCUT2D eigenvalue weighted by Crippen LogP contribution is 2.08. The molecule has 0 aromatic heterocycles. The molecular formula is C16H25N. The second-order valence-electron chi connectivity index (χ2n) is 4.58. The number of nitrogens with one attached hydrogen (secondary N) is 1. The first kappa shape index (κ1) is 13.8. The molecule has 0 heterocycles. The molecule has 0 saturated heterocycles. The van der Waals surface area contributed by atoms with E-state index >= 15 is 0 Å². The Morgan fingerprint density at radius 1 is 1.12 bits per heavy atom. The minimum atomic E-state index is 0.406. The number of hydrogen-bond donors (Lipinski definition) is 1. The summed E-state index contributed by atoms with van der Waals surface area (Å²) in [6.07, 6.45) is 11.1. The summed E-state index contributed by atoms with van der Waals surface area (Å²) in [7, 11) is 0. The molecule has 1 atom stereocenters. The molecule has 0 fully saturated rings. The maximum atomic E-state index is 3.46. The molecule has 1 rings (SSSR count). The van der Waals surface area contributed by atoms with E-state index in [1.165, 1.54) is 37.8 Å². The van der Waals surface area contributed by atoms with Gasteiger partial charge < -0.3 is 5.32 Å². The van der Waals surface area contributed by atoms with Crippen molar-refractivity contribution in [1.82, 2.24) is 0 Å². The zero-order valence-corrected chi connectivity index (χ0v) is 11.2. The molecule has 0 amide bonds. The standard InChI is InChI=1S/C16H25N/c1-3-4-5-6-7-9-12-15(2)17-16-13-10-8-11-14-16/h8-15,17H,3-7H2,1-2H3. The van der Waals surface area contributed by atoms with Crippen molar-refractivity contribution in [2.45, 2.75) is 52.0 Å². The summed E-state index contributed by atoms with van der Waals surface area (Å²) >= 11 is 0. The highest BCUT2D eigenvalue weighted by molar-refractivity contribution is 5.44. The zero-order chi connectivity index (χ0) is 12.3. The van der Waals surface area contributed by atoms with E-state index in [4.69, 9.17) is 0 Å². The second kappa shape index (κ2) is 8.86. The lowest BCUT2D eigenvalue weighted by Gasteiger charge is -2.10. The molecule has 1 N–H and O–H groups in total. The zero-order valence-electron chi connectivity index (χ0n) is 11.2. The van der Waals surface area contributed by atoms with Gasteiger partial charge in [0.15, 0.2) is 0 Å². The Labute approximate surface area is 106 Å². The Bertz CT molecular complexity index is 303. The van der Waals surface area contributed by atoms with Crippen LogP contribution in [0.2, 0.25) is 0 Å². The first-order chi connectivity index (χ1) is 8.33. The summed E-state index contributed by atoms with van der Waals surface area (Å²) in [5.41, 5.74) is 1.19. The molecule has 1 nitrogen and oxygen atoms in total. The molecule has 17 heavy (non-hydrogen) atoms. The van der Waals surface area contributed by atoms with Crippen molar-refractivity contribution in [3.05, 3.63) is 42.5 Å². The largest absolute Gasteiger partial charge is 0.379 e. The minimum absolute atomic E-state index is 0.406. The molecule has 0 aliphatic carbocycles. The first-order valence-electron chi connectivity index (χ1n) is 6.81. The lowest BCUT2D eigenvalue weighted by Crippen LogP contribution is -2.11. The maximum Gasteiger partial charge on any atom is 0.0416 e. The van der Waals surface area contributed by atoms with Crippen LogP contribution < -0.4 is 5.32 Å². The van der Waals surface area contributed by atoms with Crippen LogP contribution in [0.15, 0.2) is 42.5 Å². The third kappa shape index (κ3) is 6.83.